The van der Waals surface area contributed by atoms with Gasteiger partial charge < -0.3 is 9.88 Å². The summed E-state index contributed by atoms with van der Waals surface area (Å²) in [7, 11) is 0. The van der Waals surface area contributed by atoms with Crippen molar-refractivity contribution in [2.45, 2.75) is 32.9 Å². The Balaban J connectivity index is 1.35. The second kappa shape index (κ2) is 7.16. The molecule has 0 aliphatic carbocycles. The third-order valence-electron chi connectivity index (χ3n) is 5.09. The molecule has 3 aromatic rings. The minimum atomic E-state index is 0.0245. The molecule has 0 bridgehead atoms. The molecule has 1 amide bonds. The third-order valence-corrected chi connectivity index (χ3v) is 5.09. The summed E-state index contributed by atoms with van der Waals surface area (Å²) in [6.07, 6.45) is 5.40. The molecule has 1 aromatic heterocycles. The molecule has 2 heterocycles. The molecule has 1 atom stereocenters. The Kier molecular flexibility index (Phi) is 4.57. The van der Waals surface area contributed by atoms with Crippen molar-refractivity contribution in [1.29, 1.82) is 0 Å². The number of imidazole rings is 1. The quantitative estimate of drug-likeness (QED) is 0.783. The molecule has 0 fully saturated rings. The van der Waals surface area contributed by atoms with Gasteiger partial charge in [0, 0.05) is 37.8 Å². The lowest BCUT2D eigenvalue weighted by Crippen LogP contribution is -2.35. The number of hydrogen-bond acceptors (Lipinski definition) is 2. The lowest BCUT2D eigenvalue weighted by Gasteiger charge is -2.22. The Morgan fingerprint density at radius 3 is 2.85 bits per heavy atom. The molecule has 0 unspecified atom stereocenters. The molecular formula is C22H23N3O. The zero-order valence-electron chi connectivity index (χ0n) is 15.0. The highest BCUT2D eigenvalue weighted by Gasteiger charge is 2.24. The number of nitrogens with one attached hydrogen (secondary N) is 1. The van der Waals surface area contributed by atoms with E-state index in [4.69, 9.17) is 0 Å². The SMILES string of the molecule is Cc1cccc(-c2ccc(CNC(=O)[C@@H]3CCn4ccnc4C3)cc2)c1. The van der Waals surface area contributed by atoms with Gasteiger partial charge in [-0.15, -0.1) is 0 Å². The number of carbonyl (C=O) groups is 1. The van der Waals surface area contributed by atoms with Crippen molar-refractivity contribution in [2.75, 3.05) is 0 Å². The second-order valence-electron chi connectivity index (χ2n) is 7.01. The van der Waals surface area contributed by atoms with E-state index in [0.29, 0.717) is 6.54 Å². The normalized spacial score (nSPS) is 16.1. The zero-order chi connectivity index (χ0) is 17.9. The number of amides is 1. The average molecular weight is 345 g/mol. The van der Waals surface area contributed by atoms with Crippen molar-refractivity contribution < 1.29 is 4.79 Å². The lowest BCUT2D eigenvalue weighted by atomic mass is 9.96. The highest BCUT2D eigenvalue weighted by atomic mass is 16.1. The van der Waals surface area contributed by atoms with E-state index in [9.17, 15) is 4.79 Å². The zero-order valence-corrected chi connectivity index (χ0v) is 15.0. The van der Waals surface area contributed by atoms with Crippen molar-refractivity contribution >= 4 is 5.91 Å². The van der Waals surface area contributed by atoms with E-state index in [1.54, 1.807) is 0 Å². The van der Waals surface area contributed by atoms with Crippen molar-refractivity contribution in [3.8, 4) is 11.1 Å². The van der Waals surface area contributed by atoms with E-state index >= 15 is 0 Å². The van der Waals surface area contributed by atoms with Gasteiger partial charge >= 0.3 is 0 Å². The fourth-order valence-electron chi connectivity index (χ4n) is 3.55. The second-order valence-corrected chi connectivity index (χ2v) is 7.01. The number of hydrogen-bond donors (Lipinski definition) is 1. The van der Waals surface area contributed by atoms with E-state index in [-0.39, 0.29) is 11.8 Å². The molecule has 0 spiro atoms. The predicted molar refractivity (Wildman–Crippen MR) is 102 cm³/mol. The minimum absolute atomic E-state index is 0.0245. The predicted octanol–water partition coefficient (Wildman–Crippen LogP) is 3.74. The van der Waals surface area contributed by atoms with Crippen LogP contribution in [0.15, 0.2) is 60.9 Å². The van der Waals surface area contributed by atoms with Gasteiger partial charge in [0.1, 0.15) is 5.82 Å². The summed E-state index contributed by atoms with van der Waals surface area (Å²) in [5, 5.41) is 3.08. The Morgan fingerprint density at radius 2 is 2.04 bits per heavy atom. The van der Waals surface area contributed by atoms with Gasteiger partial charge in [0.25, 0.3) is 0 Å². The Hall–Kier alpha value is -2.88. The van der Waals surface area contributed by atoms with Gasteiger partial charge in [-0.3, -0.25) is 4.79 Å². The third kappa shape index (κ3) is 3.54. The summed E-state index contributed by atoms with van der Waals surface area (Å²) in [5.41, 5.74) is 4.79. The first kappa shape index (κ1) is 16.6. The van der Waals surface area contributed by atoms with E-state index < -0.39 is 0 Å². The van der Waals surface area contributed by atoms with Gasteiger partial charge in [0.15, 0.2) is 0 Å². The molecule has 0 saturated heterocycles. The minimum Gasteiger partial charge on any atom is -0.352 e. The maximum Gasteiger partial charge on any atom is 0.223 e. The maximum atomic E-state index is 12.5. The Morgan fingerprint density at radius 1 is 1.19 bits per heavy atom. The molecule has 1 aliphatic heterocycles. The van der Waals surface area contributed by atoms with Gasteiger partial charge in [-0.1, -0.05) is 54.1 Å². The number of nitrogens with zero attached hydrogens (tertiary/aromatic N) is 2. The maximum absolute atomic E-state index is 12.5. The summed E-state index contributed by atoms with van der Waals surface area (Å²) in [6.45, 7) is 3.54. The highest BCUT2D eigenvalue weighted by molar-refractivity contribution is 5.79. The van der Waals surface area contributed by atoms with Gasteiger partial charge in [0.05, 0.1) is 0 Å². The van der Waals surface area contributed by atoms with E-state index in [1.807, 2.05) is 12.4 Å². The lowest BCUT2D eigenvalue weighted by molar-refractivity contribution is -0.125. The van der Waals surface area contributed by atoms with Crippen molar-refractivity contribution in [3.05, 3.63) is 77.9 Å². The number of carbonyl (C=O) groups excluding carboxylic acids is 1. The molecule has 0 saturated carbocycles. The number of aromatic nitrogens is 2. The number of rotatable bonds is 4. The molecule has 2 aromatic carbocycles. The molecule has 4 heteroatoms. The largest absolute Gasteiger partial charge is 0.352 e. The first-order valence-electron chi connectivity index (χ1n) is 9.13. The highest BCUT2D eigenvalue weighted by Crippen LogP contribution is 2.22. The van der Waals surface area contributed by atoms with Crippen LogP contribution >= 0.6 is 0 Å². The number of aryl methyl sites for hydroxylation is 2. The van der Waals surface area contributed by atoms with Crippen LogP contribution in [0, 0.1) is 12.8 Å². The standard InChI is InChI=1S/C22H23N3O/c1-16-3-2-4-19(13-16)18-7-5-17(6-8-18)15-24-22(26)20-9-11-25-12-10-23-21(25)14-20/h2-8,10,12-13,20H,9,11,14-15H2,1H3,(H,24,26)/t20-/m1/s1. The molecule has 26 heavy (non-hydrogen) atoms. The van der Waals surface area contributed by atoms with Crippen LogP contribution in [-0.2, 0) is 24.3 Å². The number of benzene rings is 2. The van der Waals surface area contributed by atoms with Crippen LogP contribution in [0.3, 0.4) is 0 Å². The average Bonchev–Trinajstić information content (AvgIpc) is 3.14. The smallest absolute Gasteiger partial charge is 0.223 e. The molecule has 1 aliphatic rings. The van der Waals surface area contributed by atoms with Crippen molar-refractivity contribution in [1.82, 2.24) is 14.9 Å². The van der Waals surface area contributed by atoms with Gasteiger partial charge in [0.2, 0.25) is 5.91 Å². The van der Waals surface area contributed by atoms with Crippen LogP contribution < -0.4 is 5.32 Å². The fourth-order valence-corrected chi connectivity index (χ4v) is 3.55. The molecule has 132 valence electrons. The van der Waals surface area contributed by atoms with Gasteiger partial charge in [-0.25, -0.2) is 4.98 Å². The van der Waals surface area contributed by atoms with Crippen LogP contribution in [0.2, 0.25) is 0 Å². The van der Waals surface area contributed by atoms with E-state index in [0.717, 1.165) is 30.8 Å². The van der Waals surface area contributed by atoms with Crippen LogP contribution in [0.1, 0.15) is 23.4 Å². The van der Waals surface area contributed by atoms with Gasteiger partial charge in [-0.05, 0) is 30.0 Å². The van der Waals surface area contributed by atoms with E-state index in [1.165, 1.54) is 16.7 Å². The first-order chi connectivity index (χ1) is 12.7. The summed E-state index contributed by atoms with van der Waals surface area (Å²) >= 11 is 0. The summed E-state index contributed by atoms with van der Waals surface area (Å²) in [6, 6.07) is 16.9. The Labute approximate surface area is 153 Å². The van der Waals surface area contributed by atoms with Gasteiger partial charge in [-0.2, -0.15) is 0 Å². The number of fused-ring (bicyclic) bond motifs is 1. The summed E-state index contributed by atoms with van der Waals surface area (Å²) in [4.78, 5) is 16.8. The van der Waals surface area contributed by atoms with Crippen LogP contribution in [0.5, 0.6) is 0 Å². The van der Waals surface area contributed by atoms with E-state index in [2.05, 4.69) is 70.3 Å². The molecule has 4 rings (SSSR count). The summed E-state index contributed by atoms with van der Waals surface area (Å²) in [5.74, 6) is 1.16. The molecule has 1 N–H and O–H groups in total. The molecule has 0 radical (unpaired) electrons. The topological polar surface area (TPSA) is 46.9 Å². The fraction of sp³-hybridized carbons (Fsp3) is 0.273. The molecular weight excluding hydrogens is 322 g/mol. The van der Waals surface area contributed by atoms with Crippen molar-refractivity contribution in [2.24, 2.45) is 5.92 Å². The van der Waals surface area contributed by atoms with Crippen LogP contribution in [0.25, 0.3) is 11.1 Å². The first-order valence-corrected chi connectivity index (χ1v) is 9.13. The molecule has 4 nitrogen and oxygen atoms in total. The summed E-state index contributed by atoms with van der Waals surface area (Å²) < 4.78 is 2.13. The van der Waals surface area contributed by atoms with Crippen LogP contribution in [-0.4, -0.2) is 15.5 Å². The monoisotopic (exact) mass is 345 g/mol. The van der Waals surface area contributed by atoms with Crippen LogP contribution in [0.4, 0.5) is 0 Å². The Bertz CT molecular complexity index is 911. The van der Waals surface area contributed by atoms with Crippen molar-refractivity contribution in [3.63, 3.8) is 0 Å².